The van der Waals surface area contributed by atoms with Gasteiger partial charge in [0.15, 0.2) is 0 Å². The molecule has 0 radical (unpaired) electrons. The number of piperidine rings is 1. The fourth-order valence-corrected chi connectivity index (χ4v) is 2.42. The van der Waals surface area contributed by atoms with E-state index in [0.29, 0.717) is 6.10 Å². The highest BCUT2D eigenvalue weighted by molar-refractivity contribution is 5.36. The fraction of sp³-hybridized carbons (Fsp3) is 0.667. The normalized spacial score (nSPS) is 31.9. The quantitative estimate of drug-likeness (QED) is 0.618. The van der Waals surface area contributed by atoms with Crippen molar-refractivity contribution in [2.24, 2.45) is 0 Å². The van der Waals surface area contributed by atoms with E-state index in [1.807, 2.05) is 0 Å². The fourth-order valence-electron chi connectivity index (χ4n) is 2.42. The maximum atomic E-state index is 5.27. The number of fused-ring (bicyclic) bond motifs is 1. The minimum atomic E-state index is 0.546. The van der Waals surface area contributed by atoms with Gasteiger partial charge >= 0.3 is 0 Å². The van der Waals surface area contributed by atoms with Gasteiger partial charge in [0, 0.05) is 19.6 Å². The molecule has 2 heteroatoms. The van der Waals surface area contributed by atoms with Crippen LogP contribution in [-0.4, -0.2) is 37.2 Å². The second kappa shape index (κ2) is 3.52. The Morgan fingerprint density at radius 2 is 2.07 bits per heavy atom. The lowest BCUT2D eigenvalue weighted by Crippen LogP contribution is -2.35. The van der Waals surface area contributed by atoms with Crippen molar-refractivity contribution in [2.75, 3.05) is 26.2 Å². The summed E-state index contributed by atoms with van der Waals surface area (Å²) < 4.78 is 5.27. The molecule has 14 heavy (non-hydrogen) atoms. The summed E-state index contributed by atoms with van der Waals surface area (Å²) in [6, 6.07) is 0. The zero-order valence-corrected chi connectivity index (χ0v) is 8.54. The molecule has 2 aliphatic heterocycles. The Morgan fingerprint density at radius 1 is 1.29 bits per heavy atom. The summed E-state index contributed by atoms with van der Waals surface area (Å²) >= 11 is 0. The number of epoxide rings is 1. The van der Waals surface area contributed by atoms with Crippen LogP contribution in [0.3, 0.4) is 0 Å². The minimum absolute atomic E-state index is 0.546. The van der Waals surface area contributed by atoms with Crippen molar-refractivity contribution < 1.29 is 4.74 Å². The average Bonchev–Trinajstić information content (AvgIpc) is 3.02. The predicted octanol–water partition coefficient (Wildman–Crippen LogP) is 1.74. The van der Waals surface area contributed by atoms with Crippen molar-refractivity contribution in [3.8, 4) is 0 Å². The number of rotatable bonds is 2. The largest absolute Gasteiger partial charge is 0.372 e. The molecule has 2 fully saturated rings. The SMILES string of the molecule is C1=C2CCN(CC3CO3)CC2=CCC1. The van der Waals surface area contributed by atoms with Gasteiger partial charge in [0.25, 0.3) is 0 Å². The van der Waals surface area contributed by atoms with Crippen LogP contribution in [0, 0.1) is 0 Å². The highest BCUT2D eigenvalue weighted by Gasteiger charge is 2.28. The molecule has 0 aromatic carbocycles. The maximum Gasteiger partial charge on any atom is 0.0936 e. The van der Waals surface area contributed by atoms with E-state index in [2.05, 4.69) is 17.1 Å². The Labute approximate surface area is 85.2 Å². The third kappa shape index (κ3) is 1.77. The molecule has 3 rings (SSSR count). The van der Waals surface area contributed by atoms with Crippen molar-refractivity contribution in [3.05, 3.63) is 23.3 Å². The van der Waals surface area contributed by atoms with Gasteiger partial charge in [-0.2, -0.15) is 0 Å². The maximum absolute atomic E-state index is 5.27. The highest BCUT2D eigenvalue weighted by atomic mass is 16.6. The number of ether oxygens (including phenoxy) is 1. The summed E-state index contributed by atoms with van der Waals surface area (Å²) in [5.41, 5.74) is 3.20. The Hall–Kier alpha value is -0.600. The summed E-state index contributed by atoms with van der Waals surface area (Å²) in [6.45, 7) is 4.51. The summed E-state index contributed by atoms with van der Waals surface area (Å²) in [4.78, 5) is 2.53. The summed E-state index contributed by atoms with van der Waals surface area (Å²) in [6.07, 6.45) is 9.15. The third-order valence-electron chi connectivity index (χ3n) is 3.32. The average molecular weight is 191 g/mol. The standard InChI is InChI=1S/C12H17NO/c1-2-4-11-7-13(8-12-9-14-12)6-5-10(11)3-1/h3-4,12H,1-2,5-9H2. The lowest BCUT2D eigenvalue weighted by atomic mass is 9.91. The molecule has 1 atom stereocenters. The molecule has 76 valence electrons. The van der Waals surface area contributed by atoms with Crippen LogP contribution in [0.5, 0.6) is 0 Å². The van der Waals surface area contributed by atoms with Gasteiger partial charge in [-0.1, -0.05) is 12.2 Å². The molecule has 0 spiro atoms. The monoisotopic (exact) mass is 191 g/mol. The van der Waals surface area contributed by atoms with Gasteiger partial charge in [-0.15, -0.1) is 0 Å². The number of hydrogen-bond acceptors (Lipinski definition) is 2. The van der Waals surface area contributed by atoms with Crippen molar-refractivity contribution in [1.29, 1.82) is 0 Å². The molecule has 2 nitrogen and oxygen atoms in total. The van der Waals surface area contributed by atoms with Gasteiger partial charge in [-0.25, -0.2) is 0 Å². The van der Waals surface area contributed by atoms with E-state index in [-0.39, 0.29) is 0 Å². The number of allylic oxidation sites excluding steroid dienone is 2. The molecule has 3 aliphatic rings. The van der Waals surface area contributed by atoms with Crippen LogP contribution in [0.2, 0.25) is 0 Å². The molecule has 0 aromatic rings. The molecule has 2 heterocycles. The smallest absolute Gasteiger partial charge is 0.0936 e. The van der Waals surface area contributed by atoms with E-state index in [0.717, 1.165) is 19.7 Å². The van der Waals surface area contributed by atoms with Gasteiger partial charge in [0.1, 0.15) is 0 Å². The van der Waals surface area contributed by atoms with Crippen LogP contribution in [-0.2, 0) is 4.74 Å². The van der Waals surface area contributed by atoms with Crippen molar-refractivity contribution >= 4 is 0 Å². The van der Waals surface area contributed by atoms with E-state index in [1.165, 1.54) is 25.8 Å². The molecule has 0 saturated carbocycles. The van der Waals surface area contributed by atoms with Gasteiger partial charge in [-0.05, 0) is 30.4 Å². The van der Waals surface area contributed by atoms with Crippen LogP contribution < -0.4 is 0 Å². The van der Waals surface area contributed by atoms with Crippen LogP contribution in [0.1, 0.15) is 19.3 Å². The second-order valence-electron chi connectivity index (χ2n) is 4.48. The lowest BCUT2D eigenvalue weighted by Gasteiger charge is -2.31. The molecule has 1 aliphatic carbocycles. The minimum Gasteiger partial charge on any atom is -0.372 e. The first-order chi connectivity index (χ1) is 6.92. The van der Waals surface area contributed by atoms with Crippen molar-refractivity contribution in [3.63, 3.8) is 0 Å². The van der Waals surface area contributed by atoms with E-state index in [9.17, 15) is 0 Å². The first kappa shape index (κ1) is 8.69. The van der Waals surface area contributed by atoms with Crippen LogP contribution in [0.15, 0.2) is 23.3 Å². The number of likely N-dealkylation sites (tertiary alicyclic amines) is 1. The first-order valence-electron chi connectivity index (χ1n) is 5.64. The Kier molecular flexibility index (Phi) is 2.18. The lowest BCUT2D eigenvalue weighted by molar-refractivity contribution is 0.249. The number of hydrogen-bond donors (Lipinski definition) is 0. The van der Waals surface area contributed by atoms with Gasteiger partial charge in [0.05, 0.1) is 12.7 Å². The highest BCUT2D eigenvalue weighted by Crippen LogP contribution is 2.27. The van der Waals surface area contributed by atoms with Crippen molar-refractivity contribution in [2.45, 2.75) is 25.4 Å². The summed E-state index contributed by atoms with van der Waals surface area (Å²) in [5, 5.41) is 0. The van der Waals surface area contributed by atoms with E-state index in [4.69, 9.17) is 4.74 Å². The summed E-state index contributed by atoms with van der Waals surface area (Å²) in [7, 11) is 0. The molecule has 0 amide bonds. The molecule has 0 aromatic heterocycles. The van der Waals surface area contributed by atoms with Gasteiger partial charge in [0.2, 0.25) is 0 Å². The molecule has 0 N–H and O–H groups in total. The van der Waals surface area contributed by atoms with Crippen LogP contribution in [0.25, 0.3) is 0 Å². The molecule has 1 unspecified atom stereocenters. The number of nitrogens with zero attached hydrogens (tertiary/aromatic N) is 1. The van der Waals surface area contributed by atoms with Crippen molar-refractivity contribution in [1.82, 2.24) is 4.90 Å². The predicted molar refractivity (Wildman–Crippen MR) is 56.2 cm³/mol. The topological polar surface area (TPSA) is 15.8 Å². The molecule has 0 bridgehead atoms. The van der Waals surface area contributed by atoms with Crippen LogP contribution >= 0.6 is 0 Å². The second-order valence-corrected chi connectivity index (χ2v) is 4.48. The van der Waals surface area contributed by atoms with E-state index in [1.54, 1.807) is 11.1 Å². The van der Waals surface area contributed by atoms with E-state index >= 15 is 0 Å². The van der Waals surface area contributed by atoms with E-state index < -0.39 is 0 Å². The Balaban J connectivity index is 1.64. The molecular weight excluding hydrogens is 174 g/mol. The zero-order chi connectivity index (χ0) is 9.38. The van der Waals surface area contributed by atoms with Gasteiger partial charge < -0.3 is 4.74 Å². The third-order valence-corrected chi connectivity index (χ3v) is 3.32. The molecular formula is C12H17NO. The summed E-state index contributed by atoms with van der Waals surface area (Å²) in [5.74, 6) is 0. The zero-order valence-electron chi connectivity index (χ0n) is 8.54. The molecule has 2 saturated heterocycles. The first-order valence-corrected chi connectivity index (χ1v) is 5.64. The van der Waals surface area contributed by atoms with Gasteiger partial charge in [-0.3, -0.25) is 4.90 Å². The van der Waals surface area contributed by atoms with Crippen LogP contribution in [0.4, 0.5) is 0 Å². The Bertz CT molecular complexity index is 289. The Morgan fingerprint density at radius 3 is 2.86 bits per heavy atom.